The van der Waals surface area contributed by atoms with Gasteiger partial charge in [-0.3, -0.25) is 0 Å². The average Bonchev–Trinajstić information content (AvgIpc) is 2.98. The van der Waals surface area contributed by atoms with Gasteiger partial charge in [-0.1, -0.05) is 11.6 Å². The van der Waals surface area contributed by atoms with E-state index < -0.39 is 5.92 Å². The van der Waals surface area contributed by atoms with Gasteiger partial charge in [-0.2, -0.15) is 0 Å². The van der Waals surface area contributed by atoms with E-state index in [0.717, 1.165) is 37.4 Å². The minimum absolute atomic E-state index is 0.0882. The third-order valence-corrected chi connectivity index (χ3v) is 3.95. The molecule has 1 aromatic heterocycles. The van der Waals surface area contributed by atoms with Crippen molar-refractivity contribution >= 4 is 23.1 Å². The molecule has 2 aliphatic heterocycles. The van der Waals surface area contributed by atoms with Crippen LogP contribution in [0.15, 0.2) is 12.1 Å². The summed E-state index contributed by atoms with van der Waals surface area (Å²) in [4.78, 5) is 8.21. The Morgan fingerprint density at radius 2 is 1.84 bits per heavy atom. The van der Waals surface area contributed by atoms with Crippen molar-refractivity contribution in [3.8, 4) is 0 Å². The molecule has 3 nitrogen and oxygen atoms in total. The van der Waals surface area contributed by atoms with Gasteiger partial charge in [0.2, 0.25) is 0 Å². The van der Waals surface area contributed by atoms with E-state index in [-0.39, 0.29) is 13.0 Å². The summed E-state index contributed by atoms with van der Waals surface area (Å²) in [6.45, 7) is 1.99. The Labute approximate surface area is 116 Å². The van der Waals surface area contributed by atoms with Gasteiger partial charge < -0.3 is 9.80 Å². The summed E-state index contributed by atoms with van der Waals surface area (Å²) in [7, 11) is 0. The van der Waals surface area contributed by atoms with Crippen molar-refractivity contribution in [1.82, 2.24) is 4.98 Å². The Bertz CT molecular complexity index is 475. The Hall–Kier alpha value is -1.10. The number of nitrogens with zero attached hydrogens (tertiary/aromatic N) is 3. The van der Waals surface area contributed by atoms with Crippen LogP contribution in [-0.2, 0) is 0 Å². The maximum atomic E-state index is 13.4. The van der Waals surface area contributed by atoms with Crippen molar-refractivity contribution in [2.45, 2.75) is 25.2 Å². The molecule has 3 rings (SSSR count). The second kappa shape index (κ2) is 4.78. The molecule has 0 spiro atoms. The summed E-state index contributed by atoms with van der Waals surface area (Å²) in [5.74, 6) is -1.84. The van der Waals surface area contributed by atoms with Gasteiger partial charge in [0.05, 0.1) is 12.2 Å². The van der Waals surface area contributed by atoms with Crippen molar-refractivity contribution in [1.29, 1.82) is 0 Å². The zero-order valence-corrected chi connectivity index (χ0v) is 11.3. The van der Waals surface area contributed by atoms with Crippen molar-refractivity contribution in [3.63, 3.8) is 0 Å². The molecule has 0 saturated carbocycles. The molecule has 0 atom stereocenters. The highest BCUT2D eigenvalue weighted by Crippen LogP contribution is 2.37. The van der Waals surface area contributed by atoms with Gasteiger partial charge >= 0.3 is 0 Å². The summed E-state index contributed by atoms with van der Waals surface area (Å²) in [5, 5.41) is 0.414. The fourth-order valence-electron chi connectivity index (χ4n) is 2.77. The standard InChI is InChI=1S/C13H16ClF2N3/c14-11-4-3-10(19-8-5-13(15,16)9-19)12(17-11)18-6-1-2-7-18/h3-4H,1-2,5-9H2. The summed E-state index contributed by atoms with van der Waals surface area (Å²) in [6.07, 6.45) is 2.14. The van der Waals surface area contributed by atoms with Gasteiger partial charge in [-0.15, -0.1) is 0 Å². The molecule has 2 saturated heterocycles. The zero-order valence-electron chi connectivity index (χ0n) is 10.6. The third-order valence-electron chi connectivity index (χ3n) is 3.74. The third kappa shape index (κ3) is 2.61. The number of alkyl halides is 2. The Morgan fingerprint density at radius 1 is 1.11 bits per heavy atom. The first-order chi connectivity index (χ1) is 9.05. The van der Waals surface area contributed by atoms with Crippen LogP contribution in [0.3, 0.4) is 0 Å². The molecule has 2 fully saturated rings. The molecule has 0 radical (unpaired) electrons. The first-order valence-electron chi connectivity index (χ1n) is 6.59. The van der Waals surface area contributed by atoms with E-state index >= 15 is 0 Å². The maximum Gasteiger partial charge on any atom is 0.266 e. The Morgan fingerprint density at radius 3 is 2.47 bits per heavy atom. The lowest BCUT2D eigenvalue weighted by atomic mass is 10.3. The first kappa shape index (κ1) is 12.9. The van der Waals surface area contributed by atoms with Crippen LogP contribution >= 0.6 is 11.6 Å². The van der Waals surface area contributed by atoms with Crippen molar-refractivity contribution < 1.29 is 8.78 Å². The van der Waals surface area contributed by atoms with Crippen LogP contribution in [-0.4, -0.2) is 37.1 Å². The molecular formula is C13H16ClF2N3. The number of pyridine rings is 1. The van der Waals surface area contributed by atoms with Crippen LogP contribution in [0.25, 0.3) is 0 Å². The SMILES string of the molecule is FC1(F)CCN(c2ccc(Cl)nc2N2CCCC2)C1. The lowest BCUT2D eigenvalue weighted by Gasteiger charge is -2.26. The van der Waals surface area contributed by atoms with Crippen molar-refractivity contribution in [2.75, 3.05) is 36.0 Å². The molecule has 2 aliphatic rings. The van der Waals surface area contributed by atoms with E-state index in [1.165, 1.54) is 0 Å². The number of halogens is 3. The lowest BCUT2D eigenvalue weighted by molar-refractivity contribution is 0.0257. The van der Waals surface area contributed by atoms with Crippen molar-refractivity contribution in [3.05, 3.63) is 17.3 Å². The fraction of sp³-hybridized carbons (Fsp3) is 0.615. The van der Waals surface area contributed by atoms with E-state index in [0.29, 0.717) is 11.7 Å². The predicted molar refractivity (Wildman–Crippen MR) is 72.5 cm³/mol. The Balaban J connectivity index is 1.92. The monoisotopic (exact) mass is 287 g/mol. The molecule has 1 aromatic rings. The molecule has 0 bridgehead atoms. The summed E-state index contributed by atoms with van der Waals surface area (Å²) >= 11 is 5.95. The highest BCUT2D eigenvalue weighted by Gasteiger charge is 2.39. The van der Waals surface area contributed by atoms with Crippen LogP contribution in [0.4, 0.5) is 20.3 Å². The first-order valence-corrected chi connectivity index (χ1v) is 6.97. The van der Waals surface area contributed by atoms with Gasteiger partial charge in [-0.05, 0) is 25.0 Å². The van der Waals surface area contributed by atoms with Crippen LogP contribution < -0.4 is 9.80 Å². The number of hydrogen-bond acceptors (Lipinski definition) is 3. The number of aromatic nitrogens is 1. The molecule has 0 N–H and O–H groups in total. The lowest BCUT2D eigenvalue weighted by Crippen LogP contribution is -2.28. The van der Waals surface area contributed by atoms with Gasteiger partial charge in [0, 0.05) is 26.1 Å². The highest BCUT2D eigenvalue weighted by molar-refractivity contribution is 6.29. The molecule has 104 valence electrons. The van der Waals surface area contributed by atoms with E-state index in [1.807, 2.05) is 6.07 Å². The molecule has 3 heterocycles. The van der Waals surface area contributed by atoms with Gasteiger partial charge in [-0.25, -0.2) is 13.8 Å². The summed E-state index contributed by atoms with van der Waals surface area (Å²) in [6, 6.07) is 3.48. The summed E-state index contributed by atoms with van der Waals surface area (Å²) < 4.78 is 26.7. The number of hydrogen-bond donors (Lipinski definition) is 0. The van der Waals surface area contributed by atoms with E-state index in [4.69, 9.17) is 11.6 Å². The quantitative estimate of drug-likeness (QED) is 0.779. The molecule has 6 heteroatoms. The second-order valence-corrected chi connectivity index (χ2v) is 5.59. The highest BCUT2D eigenvalue weighted by atomic mass is 35.5. The normalized spacial score (nSPS) is 22.3. The number of rotatable bonds is 2. The summed E-state index contributed by atoms with van der Waals surface area (Å²) in [5.41, 5.74) is 0.781. The van der Waals surface area contributed by atoms with E-state index in [2.05, 4.69) is 9.88 Å². The minimum atomic E-state index is -2.60. The fourth-order valence-corrected chi connectivity index (χ4v) is 2.91. The van der Waals surface area contributed by atoms with Crippen LogP contribution in [0, 0.1) is 0 Å². The van der Waals surface area contributed by atoms with Crippen LogP contribution in [0.2, 0.25) is 5.15 Å². The van der Waals surface area contributed by atoms with Gasteiger partial charge in [0.15, 0.2) is 5.82 Å². The minimum Gasteiger partial charge on any atom is -0.362 e. The molecule has 0 aliphatic carbocycles. The molecular weight excluding hydrogens is 272 g/mol. The Kier molecular flexibility index (Phi) is 3.25. The van der Waals surface area contributed by atoms with Gasteiger partial charge in [0.25, 0.3) is 5.92 Å². The zero-order chi connectivity index (χ0) is 13.5. The largest absolute Gasteiger partial charge is 0.362 e. The number of anilines is 2. The molecule has 0 unspecified atom stereocenters. The van der Waals surface area contributed by atoms with E-state index in [9.17, 15) is 8.78 Å². The average molecular weight is 288 g/mol. The van der Waals surface area contributed by atoms with Crippen molar-refractivity contribution in [2.24, 2.45) is 0 Å². The molecule has 0 amide bonds. The second-order valence-electron chi connectivity index (χ2n) is 5.20. The van der Waals surface area contributed by atoms with Crippen LogP contribution in [0.5, 0.6) is 0 Å². The topological polar surface area (TPSA) is 19.4 Å². The van der Waals surface area contributed by atoms with Gasteiger partial charge in [0.1, 0.15) is 5.15 Å². The predicted octanol–water partition coefficient (Wildman–Crippen LogP) is 3.18. The van der Waals surface area contributed by atoms with Crippen LogP contribution in [0.1, 0.15) is 19.3 Å². The smallest absolute Gasteiger partial charge is 0.266 e. The molecule has 19 heavy (non-hydrogen) atoms. The maximum absolute atomic E-state index is 13.4. The van der Waals surface area contributed by atoms with E-state index in [1.54, 1.807) is 11.0 Å². The molecule has 0 aromatic carbocycles.